The van der Waals surface area contributed by atoms with Crippen molar-refractivity contribution in [3.8, 4) is 17.5 Å². The number of hydrogen-bond acceptors (Lipinski definition) is 7. The van der Waals surface area contributed by atoms with Crippen LogP contribution in [0.4, 0.5) is 4.79 Å². The summed E-state index contributed by atoms with van der Waals surface area (Å²) in [7, 11) is 1.56. The van der Waals surface area contributed by atoms with Gasteiger partial charge in [-0.2, -0.15) is 14.8 Å². The summed E-state index contributed by atoms with van der Waals surface area (Å²) >= 11 is 0. The van der Waals surface area contributed by atoms with Crippen LogP contribution in [-0.4, -0.2) is 38.9 Å². The quantitative estimate of drug-likeness (QED) is 0.710. The lowest BCUT2D eigenvalue weighted by atomic mass is 10.3. The largest absolute Gasteiger partial charge is 0.497 e. The van der Waals surface area contributed by atoms with E-state index in [2.05, 4.69) is 9.97 Å². The molecule has 0 amide bonds. The molecule has 2 aromatic heterocycles. The van der Waals surface area contributed by atoms with E-state index in [-0.39, 0.29) is 23.5 Å². The summed E-state index contributed by atoms with van der Waals surface area (Å²) in [5.41, 5.74) is -0.148. The van der Waals surface area contributed by atoms with Crippen molar-refractivity contribution in [1.82, 2.24) is 19.1 Å². The van der Waals surface area contributed by atoms with Crippen LogP contribution in [0.3, 0.4) is 0 Å². The van der Waals surface area contributed by atoms with Crippen LogP contribution in [0.5, 0.6) is 5.75 Å². The number of carbonyl (C=O) groups excluding carboxylic acids is 1. The Balaban J connectivity index is 2.22. The van der Waals surface area contributed by atoms with E-state index in [9.17, 15) is 14.9 Å². The van der Waals surface area contributed by atoms with Crippen LogP contribution < -0.4 is 10.4 Å². The number of ether oxygens (including phenoxy) is 2. The summed E-state index contributed by atoms with van der Waals surface area (Å²) in [5, 5.41) is 9.40. The smallest absolute Gasteiger partial charge is 0.423 e. The van der Waals surface area contributed by atoms with Gasteiger partial charge in [0.05, 0.1) is 13.7 Å². The zero-order chi connectivity index (χ0) is 18.0. The molecule has 0 N–H and O–H groups in total. The van der Waals surface area contributed by atoms with Crippen molar-refractivity contribution in [2.45, 2.75) is 6.92 Å². The summed E-state index contributed by atoms with van der Waals surface area (Å²) in [5.74, 6) is 0.670. The number of rotatable bonds is 3. The fourth-order valence-corrected chi connectivity index (χ4v) is 2.35. The number of carbonyl (C=O) groups is 1. The van der Waals surface area contributed by atoms with E-state index in [0.717, 1.165) is 0 Å². The molecular weight excluding hydrogens is 326 g/mol. The molecule has 3 aromatic rings. The summed E-state index contributed by atoms with van der Waals surface area (Å²) in [4.78, 5) is 32.2. The fraction of sp³-hybridized carbons (Fsp3) is 0.188. The topological polar surface area (TPSA) is 112 Å². The Hall–Kier alpha value is -3.67. The SMILES string of the molecule is CCOC(=O)n1c(C#N)c2ncn(-c3ccc(OC)cc3)c2nc1=O. The highest BCUT2D eigenvalue weighted by Gasteiger charge is 2.21. The van der Waals surface area contributed by atoms with Gasteiger partial charge < -0.3 is 9.47 Å². The van der Waals surface area contributed by atoms with Crippen LogP contribution in [0.2, 0.25) is 0 Å². The molecule has 0 fully saturated rings. The average Bonchev–Trinajstić information content (AvgIpc) is 3.04. The number of methoxy groups -OCH3 is 1. The number of imidazole rings is 1. The molecule has 0 bridgehead atoms. The van der Waals surface area contributed by atoms with Gasteiger partial charge in [-0.3, -0.25) is 4.57 Å². The summed E-state index contributed by atoms with van der Waals surface area (Å²) in [6.07, 6.45) is 0.465. The van der Waals surface area contributed by atoms with Gasteiger partial charge in [-0.05, 0) is 31.2 Å². The third-order valence-electron chi connectivity index (χ3n) is 3.49. The molecule has 0 atom stereocenters. The predicted octanol–water partition coefficient (Wildman–Crippen LogP) is 1.47. The molecule has 3 rings (SSSR count). The Morgan fingerprint density at radius 3 is 2.64 bits per heavy atom. The van der Waals surface area contributed by atoms with E-state index in [1.807, 2.05) is 6.07 Å². The van der Waals surface area contributed by atoms with Crippen LogP contribution in [0.25, 0.3) is 16.9 Å². The van der Waals surface area contributed by atoms with E-state index in [1.54, 1.807) is 42.9 Å². The van der Waals surface area contributed by atoms with Crippen molar-refractivity contribution >= 4 is 17.3 Å². The van der Waals surface area contributed by atoms with E-state index >= 15 is 0 Å². The highest BCUT2D eigenvalue weighted by Crippen LogP contribution is 2.20. The van der Waals surface area contributed by atoms with E-state index in [1.165, 1.54) is 6.33 Å². The maximum Gasteiger partial charge on any atom is 0.423 e. The van der Waals surface area contributed by atoms with E-state index in [4.69, 9.17) is 9.47 Å². The molecule has 2 heterocycles. The van der Waals surface area contributed by atoms with E-state index < -0.39 is 11.8 Å². The van der Waals surface area contributed by atoms with Crippen molar-refractivity contribution < 1.29 is 14.3 Å². The number of nitriles is 1. The first kappa shape index (κ1) is 16.2. The lowest BCUT2D eigenvalue weighted by Gasteiger charge is -2.08. The third-order valence-corrected chi connectivity index (χ3v) is 3.49. The second-order valence-electron chi connectivity index (χ2n) is 4.87. The molecule has 0 saturated carbocycles. The normalized spacial score (nSPS) is 10.4. The Bertz CT molecular complexity index is 1040. The standard InChI is InChI=1S/C16H13N5O4/c1-3-25-16(23)21-12(8-17)13-14(19-15(21)22)20(9-18-13)10-4-6-11(24-2)7-5-10/h4-7,9H,3H2,1-2H3. The van der Waals surface area contributed by atoms with Crippen LogP contribution in [0, 0.1) is 11.3 Å². The maximum atomic E-state index is 12.2. The molecule has 0 unspecified atom stereocenters. The Labute approximate surface area is 141 Å². The molecule has 9 heteroatoms. The van der Waals surface area contributed by atoms with Gasteiger partial charge in [-0.15, -0.1) is 0 Å². The second-order valence-corrected chi connectivity index (χ2v) is 4.87. The first-order valence-corrected chi connectivity index (χ1v) is 7.32. The van der Waals surface area contributed by atoms with Gasteiger partial charge in [0.1, 0.15) is 23.7 Å². The minimum atomic E-state index is -0.961. The molecule has 9 nitrogen and oxygen atoms in total. The van der Waals surface area contributed by atoms with Crippen molar-refractivity contribution in [2.24, 2.45) is 0 Å². The molecule has 126 valence electrons. The number of fused-ring (bicyclic) bond motifs is 1. The number of hydrogen-bond donors (Lipinski definition) is 0. The Morgan fingerprint density at radius 1 is 1.32 bits per heavy atom. The van der Waals surface area contributed by atoms with Crippen LogP contribution in [0.1, 0.15) is 12.6 Å². The first-order valence-electron chi connectivity index (χ1n) is 7.32. The molecule has 25 heavy (non-hydrogen) atoms. The van der Waals surface area contributed by atoms with Crippen molar-refractivity contribution in [3.05, 3.63) is 46.8 Å². The Morgan fingerprint density at radius 2 is 2.04 bits per heavy atom. The second kappa shape index (κ2) is 6.45. The first-order chi connectivity index (χ1) is 12.1. The zero-order valence-corrected chi connectivity index (χ0v) is 13.5. The van der Waals surface area contributed by atoms with Crippen LogP contribution in [-0.2, 0) is 4.74 Å². The monoisotopic (exact) mass is 339 g/mol. The van der Waals surface area contributed by atoms with E-state index in [0.29, 0.717) is 16.0 Å². The van der Waals surface area contributed by atoms with Crippen LogP contribution in [0.15, 0.2) is 35.4 Å². The van der Waals surface area contributed by atoms with Gasteiger partial charge in [0, 0.05) is 5.69 Å². The van der Waals surface area contributed by atoms with Gasteiger partial charge in [0.15, 0.2) is 11.3 Å². The molecule has 0 aliphatic heterocycles. The maximum absolute atomic E-state index is 12.2. The lowest BCUT2D eigenvalue weighted by Crippen LogP contribution is -2.32. The minimum Gasteiger partial charge on any atom is -0.497 e. The van der Waals surface area contributed by atoms with Gasteiger partial charge in [-0.1, -0.05) is 0 Å². The Kier molecular flexibility index (Phi) is 4.18. The van der Waals surface area contributed by atoms with Gasteiger partial charge >= 0.3 is 11.8 Å². The fourth-order valence-electron chi connectivity index (χ4n) is 2.35. The third kappa shape index (κ3) is 2.70. The van der Waals surface area contributed by atoms with Gasteiger partial charge in [0.25, 0.3) is 0 Å². The molecule has 0 aliphatic rings. The number of nitrogens with zero attached hydrogens (tertiary/aromatic N) is 5. The molecule has 0 aliphatic carbocycles. The predicted molar refractivity (Wildman–Crippen MR) is 86.8 cm³/mol. The molecule has 1 aromatic carbocycles. The van der Waals surface area contributed by atoms with Gasteiger partial charge in [-0.25, -0.2) is 14.6 Å². The highest BCUT2D eigenvalue weighted by molar-refractivity contribution is 5.83. The summed E-state index contributed by atoms with van der Waals surface area (Å²) in [6.45, 7) is 1.66. The molecular formula is C16H13N5O4. The van der Waals surface area contributed by atoms with Crippen molar-refractivity contribution in [3.63, 3.8) is 0 Å². The summed E-state index contributed by atoms with van der Waals surface area (Å²) in [6, 6.07) is 8.82. The highest BCUT2D eigenvalue weighted by atomic mass is 16.5. The van der Waals surface area contributed by atoms with Gasteiger partial charge in [0.2, 0.25) is 0 Å². The van der Waals surface area contributed by atoms with Crippen molar-refractivity contribution in [2.75, 3.05) is 13.7 Å². The molecule has 0 spiro atoms. The van der Waals surface area contributed by atoms with Crippen LogP contribution >= 0.6 is 0 Å². The minimum absolute atomic E-state index is 0.0640. The molecule has 0 radical (unpaired) electrons. The van der Waals surface area contributed by atoms with Crippen molar-refractivity contribution in [1.29, 1.82) is 5.26 Å². The molecule has 0 saturated heterocycles. The average molecular weight is 339 g/mol. The number of aromatic nitrogens is 4. The lowest BCUT2D eigenvalue weighted by molar-refractivity contribution is 0.152. The summed E-state index contributed by atoms with van der Waals surface area (Å²) < 4.78 is 12.0. The zero-order valence-electron chi connectivity index (χ0n) is 13.5. The number of benzene rings is 1.